The Morgan fingerprint density at radius 3 is 2.76 bits per heavy atom. The molecule has 2 aromatic heterocycles. The van der Waals surface area contributed by atoms with Gasteiger partial charge in [-0.3, -0.25) is 4.40 Å². The summed E-state index contributed by atoms with van der Waals surface area (Å²) in [5.74, 6) is 0. The largest absolute Gasteiger partial charge is 0.283 e. The third-order valence-electron chi connectivity index (χ3n) is 2.91. The summed E-state index contributed by atoms with van der Waals surface area (Å²) in [6.07, 6.45) is 0. The van der Waals surface area contributed by atoms with Gasteiger partial charge in [0.15, 0.2) is 4.96 Å². The van der Waals surface area contributed by atoms with E-state index < -0.39 is 0 Å². The standard InChI is InChI=1S/C13H7ClN2S/c14-8-4-3-7-11-12(8)17-13-15-9-5-1-2-6-10(9)16(11)13/h1-7H. The van der Waals surface area contributed by atoms with Gasteiger partial charge in [-0.25, -0.2) is 4.98 Å². The van der Waals surface area contributed by atoms with Gasteiger partial charge in [-0.05, 0) is 24.3 Å². The lowest BCUT2D eigenvalue weighted by atomic mass is 10.3. The van der Waals surface area contributed by atoms with Gasteiger partial charge >= 0.3 is 0 Å². The normalized spacial score (nSPS) is 11.8. The molecule has 0 atom stereocenters. The lowest BCUT2D eigenvalue weighted by molar-refractivity contribution is 1.35. The Balaban J connectivity index is 2.36. The fraction of sp³-hybridized carbons (Fsp3) is 0. The molecular formula is C13H7ClN2S. The van der Waals surface area contributed by atoms with Crippen molar-refractivity contribution in [1.82, 2.24) is 9.38 Å². The maximum Gasteiger partial charge on any atom is 0.195 e. The highest BCUT2D eigenvalue weighted by molar-refractivity contribution is 7.24. The van der Waals surface area contributed by atoms with Gasteiger partial charge in [0.25, 0.3) is 0 Å². The Hall–Kier alpha value is -1.58. The molecule has 0 amide bonds. The number of imidazole rings is 1. The molecular weight excluding hydrogens is 252 g/mol. The summed E-state index contributed by atoms with van der Waals surface area (Å²) >= 11 is 7.84. The Morgan fingerprint density at radius 2 is 1.82 bits per heavy atom. The van der Waals surface area contributed by atoms with Crippen LogP contribution in [0.2, 0.25) is 5.02 Å². The highest BCUT2D eigenvalue weighted by Gasteiger charge is 2.11. The van der Waals surface area contributed by atoms with Crippen LogP contribution in [0, 0.1) is 0 Å². The summed E-state index contributed by atoms with van der Waals surface area (Å²) < 4.78 is 3.27. The molecule has 0 N–H and O–H groups in total. The molecule has 4 aromatic rings. The lowest BCUT2D eigenvalue weighted by Crippen LogP contribution is -1.79. The average molecular weight is 259 g/mol. The number of hydrogen-bond acceptors (Lipinski definition) is 2. The van der Waals surface area contributed by atoms with E-state index in [2.05, 4.69) is 21.5 Å². The highest BCUT2D eigenvalue weighted by atomic mass is 35.5. The van der Waals surface area contributed by atoms with Crippen LogP contribution in [-0.4, -0.2) is 9.38 Å². The van der Waals surface area contributed by atoms with Gasteiger partial charge in [-0.1, -0.05) is 41.1 Å². The highest BCUT2D eigenvalue weighted by Crippen LogP contribution is 2.34. The Bertz CT molecular complexity index is 860. The Kier molecular flexibility index (Phi) is 1.79. The summed E-state index contributed by atoms with van der Waals surface area (Å²) in [6, 6.07) is 14.1. The van der Waals surface area contributed by atoms with E-state index in [9.17, 15) is 0 Å². The van der Waals surface area contributed by atoms with Crippen LogP contribution >= 0.6 is 22.9 Å². The molecule has 0 radical (unpaired) electrons. The van der Waals surface area contributed by atoms with Crippen molar-refractivity contribution in [3.8, 4) is 0 Å². The summed E-state index contributed by atoms with van der Waals surface area (Å²) in [6.45, 7) is 0. The fourth-order valence-corrected chi connectivity index (χ4v) is 3.50. The van der Waals surface area contributed by atoms with Crippen molar-refractivity contribution in [1.29, 1.82) is 0 Å². The molecule has 0 saturated carbocycles. The summed E-state index contributed by atoms with van der Waals surface area (Å²) in [5, 5.41) is 0.794. The maximum absolute atomic E-state index is 6.21. The summed E-state index contributed by atoms with van der Waals surface area (Å²) in [5.41, 5.74) is 3.29. The molecule has 0 aliphatic heterocycles. The van der Waals surface area contributed by atoms with Crippen molar-refractivity contribution in [3.63, 3.8) is 0 Å². The second-order valence-corrected chi connectivity index (χ2v) is 5.29. The van der Waals surface area contributed by atoms with E-state index in [1.54, 1.807) is 11.3 Å². The van der Waals surface area contributed by atoms with E-state index in [4.69, 9.17) is 11.6 Å². The molecule has 4 rings (SSSR count). The summed E-state index contributed by atoms with van der Waals surface area (Å²) in [4.78, 5) is 5.61. The number of hydrogen-bond donors (Lipinski definition) is 0. The molecule has 0 bridgehead atoms. The minimum absolute atomic E-state index is 0.794. The Labute approximate surface area is 106 Å². The zero-order chi connectivity index (χ0) is 11.4. The summed E-state index contributed by atoms with van der Waals surface area (Å²) in [7, 11) is 0. The second kappa shape index (κ2) is 3.22. The SMILES string of the molecule is Clc1cccc2c1sc1nc3ccccc3n12. The smallest absolute Gasteiger partial charge is 0.195 e. The molecule has 0 unspecified atom stereocenters. The van der Waals surface area contributed by atoms with E-state index in [1.165, 1.54) is 0 Å². The van der Waals surface area contributed by atoms with Gasteiger partial charge in [0, 0.05) is 0 Å². The van der Waals surface area contributed by atoms with E-state index >= 15 is 0 Å². The van der Waals surface area contributed by atoms with Crippen LogP contribution in [-0.2, 0) is 0 Å². The first-order valence-electron chi connectivity index (χ1n) is 5.29. The van der Waals surface area contributed by atoms with Gasteiger partial charge in [0.05, 0.1) is 26.3 Å². The number of halogens is 1. The van der Waals surface area contributed by atoms with Gasteiger partial charge in [0.1, 0.15) is 0 Å². The molecule has 2 heterocycles. The number of aromatic nitrogens is 2. The van der Waals surface area contributed by atoms with E-state index in [0.717, 1.165) is 31.2 Å². The molecule has 4 heteroatoms. The minimum atomic E-state index is 0.794. The number of fused-ring (bicyclic) bond motifs is 5. The van der Waals surface area contributed by atoms with Gasteiger partial charge in [0.2, 0.25) is 0 Å². The molecule has 0 fully saturated rings. The van der Waals surface area contributed by atoms with Crippen LogP contribution < -0.4 is 0 Å². The first-order valence-corrected chi connectivity index (χ1v) is 6.48. The number of rotatable bonds is 0. The van der Waals surface area contributed by atoms with Crippen LogP contribution in [0.4, 0.5) is 0 Å². The van der Waals surface area contributed by atoms with Gasteiger partial charge in [-0.15, -0.1) is 0 Å². The predicted octanol–water partition coefficient (Wildman–Crippen LogP) is 4.36. The van der Waals surface area contributed by atoms with Crippen molar-refractivity contribution in [3.05, 3.63) is 47.5 Å². The Morgan fingerprint density at radius 1 is 1.00 bits per heavy atom. The van der Waals surface area contributed by atoms with E-state index in [0.29, 0.717) is 0 Å². The average Bonchev–Trinajstić information content (AvgIpc) is 2.85. The molecule has 82 valence electrons. The van der Waals surface area contributed by atoms with Crippen molar-refractivity contribution < 1.29 is 0 Å². The first kappa shape index (κ1) is 9.45. The van der Waals surface area contributed by atoms with E-state index in [1.807, 2.05) is 30.3 Å². The molecule has 0 aliphatic rings. The molecule has 2 aromatic carbocycles. The van der Waals surface area contributed by atoms with E-state index in [-0.39, 0.29) is 0 Å². The second-order valence-electron chi connectivity index (χ2n) is 3.91. The quantitative estimate of drug-likeness (QED) is 0.458. The first-order chi connectivity index (χ1) is 8.34. The van der Waals surface area contributed by atoms with Crippen LogP contribution in [0.3, 0.4) is 0 Å². The zero-order valence-corrected chi connectivity index (χ0v) is 10.3. The number of nitrogens with zero attached hydrogens (tertiary/aromatic N) is 2. The maximum atomic E-state index is 6.21. The molecule has 0 saturated heterocycles. The number of thiazole rings is 1. The number of benzene rings is 2. The van der Waals surface area contributed by atoms with Gasteiger partial charge in [-0.2, -0.15) is 0 Å². The van der Waals surface area contributed by atoms with Crippen molar-refractivity contribution in [2.45, 2.75) is 0 Å². The number of para-hydroxylation sites is 2. The fourth-order valence-electron chi connectivity index (χ4n) is 2.17. The van der Waals surface area contributed by atoms with Gasteiger partial charge < -0.3 is 0 Å². The topological polar surface area (TPSA) is 17.3 Å². The van der Waals surface area contributed by atoms with Crippen LogP contribution in [0.5, 0.6) is 0 Å². The third kappa shape index (κ3) is 1.18. The molecule has 2 nitrogen and oxygen atoms in total. The van der Waals surface area contributed by atoms with Crippen molar-refractivity contribution in [2.75, 3.05) is 0 Å². The molecule has 0 aliphatic carbocycles. The van der Waals surface area contributed by atoms with Crippen LogP contribution in [0.15, 0.2) is 42.5 Å². The minimum Gasteiger partial charge on any atom is -0.283 e. The van der Waals surface area contributed by atoms with Crippen LogP contribution in [0.25, 0.3) is 26.2 Å². The zero-order valence-electron chi connectivity index (χ0n) is 8.72. The monoisotopic (exact) mass is 258 g/mol. The van der Waals surface area contributed by atoms with Crippen molar-refractivity contribution >= 4 is 49.1 Å². The van der Waals surface area contributed by atoms with Crippen LogP contribution in [0.1, 0.15) is 0 Å². The predicted molar refractivity (Wildman–Crippen MR) is 73.1 cm³/mol. The lowest BCUT2D eigenvalue weighted by Gasteiger charge is -1.95. The van der Waals surface area contributed by atoms with Crippen molar-refractivity contribution in [2.24, 2.45) is 0 Å². The molecule has 0 spiro atoms. The third-order valence-corrected chi connectivity index (χ3v) is 4.43. The molecule has 17 heavy (non-hydrogen) atoms.